The van der Waals surface area contributed by atoms with E-state index < -0.39 is 6.10 Å². The molecule has 0 spiro atoms. The third kappa shape index (κ3) is 3.65. The Morgan fingerprint density at radius 1 is 1.16 bits per heavy atom. The standard InChI is InChI=1S/C15H13Br2FO/c1-9-5-14(17)12(8-13(9)16)15(19)7-10-3-2-4-11(18)6-10/h2-6,8,15,19H,7H2,1H3. The molecule has 1 nitrogen and oxygen atoms in total. The summed E-state index contributed by atoms with van der Waals surface area (Å²) in [5.41, 5.74) is 2.66. The van der Waals surface area contributed by atoms with Crippen molar-refractivity contribution in [2.24, 2.45) is 0 Å². The van der Waals surface area contributed by atoms with E-state index in [0.717, 1.165) is 25.6 Å². The van der Waals surface area contributed by atoms with E-state index in [2.05, 4.69) is 31.9 Å². The minimum absolute atomic E-state index is 0.283. The van der Waals surface area contributed by atoms with Crippen molar-refractivity contribution >= 4 is 31.9 Å². The van der Waals surface area contributed by atoms with Gasteiger partial charge in [0.1, 0.15) is 5.82 Å². The van der Waals surface area contributed by atoms with Crippen LogP contribution in [0.2, 0.25) is 0 Å². The lowest BCUT2D eigenvalue weighted by Crippen LogP contribution is -2.03. The minimum Gasteiger partial charge on any atom is -0.388 e. The summed E-state index contributed by atoms with van der Waals surface area (Å²) in [6, 6.07) is 10.1. The Morgan fingerprint density at radius 3 is 2.58 bits per heavy atom. The third-order valence-corrected chi connectivity index (χ3v) is 4.50. The lowest BCUT2D eigenvalue weighted by atomic mass is 10.0. The fraction of sp³-hybridized carbons (Fsp3) is 0.200. The van der Waals surface area contributed by atoms with Gasteiger partial charge in [-0.2, -0.15) is 0 Å². The second-order valence-electron chi connectivity index (χ2n) is 4.47. The van der Waals surface area contributed by atoms with Crippen LogP contribution in [0.25, 0.3) is 0 Å². The van der Waals surface area contributed by atoms with E-state index in [1.165, 1.54) is 12.1 Å². The Morgan fingerprint density at radius 2 is 1.89 bits per heavy atom. The number of halogens is 3. The lowest BCUT2D eigenvalue weighted by Gasteiger charge is -2.14. The molecule has 0 aromatic heterocycles. The van der Waals surface area contributed by atoms with Crippen molar-refractivity contribution in [3.63, 3.8) is 0 Å². The minimum atomic E-state index is -0.673. The van der Waals surface area contributed by atoms with Crippen molar-refractivity contribution in [1.82, 2.24) is 0 Å². The van der Waals surface area contributed by atoms with Gasteiger partial charge in [0.05, 0.1) is 6.10 Å². The van der Waals surface area contributed by atoms with Crippen LogP contribution in [-0.4, -0.2) is 5.11 Å². The maximum Gasteiger partial charge on any atom is 0.123 e. The maximum absolute atomic E-state index is 13.1. The molecule has 1 unspecified atom stereocenters. The predicted octanol–water partition coefficient (Wildman–Crippen LogP) is 4.94. The molecule has 0 saturated heterocycles. The van der Waals surface area contributed by atoms with Gasteiger partial charge in [-0.1, -0.05) is 44.0 Å². The Kier molecular flexibility index (Phi) is 4.76. The van der Waals surface area contributed by atoms with Crippen LogP contribution in [0.3, 0.4) is 0 Å². The fourth-order valence-corrected chi connectivity index (χ4v) is 3.00. The number of aliphatic hydroxyl groups excluding tert-OH is 1. The van der Waals surface area contributed by atoms with Gasteiger partial charge in [0.25, 0.3) is 0 Å². The normalized spacial score (nSPS) is 12.5. The van der Waals surface area contributed by atoms with Gasteiger partial charge in [0.15, 0.2) is 0 Å². The van der Waals surface area contributed by atoms with E-state index in [4.69, 9.17) is 0 Å². The molecule has 0 saturated carbocycles. The highest BCUT2D eigenvalue weighted by atomic mass is 79.9. The first-order valence-electron chi connectivity index (χ1n) is 5.85. The highest BCUT2D eigenvalue weighted by Gasteiger charge is 2.14. The number of rotatable bonds is 3. The molecule has 0 amide bonds. The van der Waals surface area contributed by atoms with Crippen molar-refractivity contribution in [2.45, 2.75) is 19.4 Å². The Balaban J connectivity index is 2.25. The van der Waals surface area contributed by atoms with Crippen LogP contribution in [0.5, 0.6) is 0 Å². The first-order chi connectivity index (χ1) is 8.97. The summed E-state index contributed by atoms with van der Waals surface area (Å²) in [6.07, 6.45) is -0.292. The molecule has 0 aliphatic rings. The second kappa shape index (κ2) is 6.16. The Labute approximate surface area is 128 Å². The molecule has 100 valence electrons. The Hall–Kier alpha value is -0.710. The molecule has 4 heteroatoms. The monoisotopic (exact) mass is 386 g/mol. The van der Waals surface area contributed by atoms with Gasteiger partial charge in [-0.15, -0.1) is 0 Å². The summed E-state index contributed by atoms with van der Waals surface area (Å²) in [6.45, 7) is 1.98. The van der Waals surface area contributed by atoms with Gasteiger partial charge in [-0.3, -0.25) is 0 Å². The van der Waals surface area contributed by atoms with Gasteiger partial charge in [-0.25, -0.2) is 4.39 Å². The number of aryl methyl sites for hydroxylation is 1. The van der Waals surface area contributed by atoms with Gasteiger partial charge >= 0.3 is 0 Å². The molecule has 1 atom stereocenters. The molecule has 0 heterocycles. The van der Waals surface area contributed by atoms with Crippen LogP contribution >= 0.6 is 31.9 Å². The summed E-state index contributed by atoms with van der Waals surface area (Å²) < 4.78 is 14.9. The van der Waals surface area contributed by atoms with Crippen molar-refractivity contribution < 1.29 is 9.50 Å². The molecular formula is C15H13Br2FO. The Bertz CT molecular complexity index is 599. The quantitative estimate of drug-likeness (QED) is 0.791. The molecule has 0 fully saturated rings. The zero-order valence-corrected chi connectivity index (χ0v) is 13.5. The summed E-state index contributed by atoms with van der Waals surface area (Å²) in [5.74, 6) is -0.283. The largest absolute Gasteiger partial charge is 0.388 e. The molecule has 0 radical (unpaired) electrons. The molecule has 0 aliphatic heterocycles. The molecule has 19 heavy (non-hydrogen) atoms. The van der Waals surface area contributed by atoms with E-state index in [1.807, 2.05) is 25.1 Å². The highest BCUT2D eigenvalue weighted by molar-refractivity contribution is 9.11. The number of benzene rings is 2. The van der Waals surface area contributed by atoms with E-state index >= 15 is 0 Å². The van der Waals surface area contributed by atoms with Crippen molar-refractivity contribution in [1.29, 1.82) is 0 Å². The average molecular weight is 388 g/mol. The van der Waals surface area contributed by atoms with Gasteiger partial charge in [0.2, 0.25) is 0 Å². The van der Waals surface area contributed by atoms with E-state index in [-0.39, 0.29) is 5.82 Å². The van der Waals surface area contributed by atoms with Crippen LogP contribution in [0, 0.1) is 12.7 Å². The van der Waals surface area contributed by atoms with Gasteiger partial charge < -0.3 is 5.11 Å². The summed E-state index contributed by atoms with van der Waals surface area (Å²) in [4.78, 5) is 0. The van der Waals surface area contributed by atoms with Crippen LogP contribution in [-0.2, 0) is 6.42 Å². The van der Waals surface area contributed by atoms with Crippen LogP contribution in [0.15, 0.2) is 45.3 Å². The smallest absolute Gasteiger partial charge is 0.123 e. The van der Waals surface area contributed by atoms with Crippen molar-refractivity contribution in [3.8, 4) is 0 Å². The second-order valence-corrected chi connectivity index (χ2v) is 6.18. The molecule has 2 rings (SSSR count). The average Bonchev–Trinajstić information content (AvgIpc) is 2.33. The van der Waals surface area contributed by atoms with E-state index in [9.17, 15) is 9.50 Å². The predicted molar refractivity (Wildman–Crippen MR) is 81.6 cm³/mol. The third-order valence-electron chi connectivity index (χ3n) is 2.96. The van der Waals surface area contributed by atoms with E-state index in [1.54, 1.807) is 6.07 Å². The first kappa shape index (κ1) is 14.7. The van der Waals surface area contributed by atoms with Crippen molar-refractivity contribution in [3.05, 3.63) is 67.9 Å². The molecule has 2 aromatic carbocycles. The van der Waals surface area contributed by atoms with Crippen LogP contribution in [0.4, 0.5) is 4.39 Å². The zero-order chi connectivity index (χ0) is 14.0. The molecule has 1 N–H and O–H groups in total. The number of aliphatic hydroxyl groups is 1. The summed E-state index contributed by atoms with van der Waals surface area (Å²) in [7, 11) is 0. The van der Waals surface area contributed by atoms with Crippen LogP contribution < -0.4 is 0 Å². The summed E-state index contributed by atoms with van der Waals surface area (Å²) in [5, 5.41) is 10.3. The first-order valence-corrected chi connectivity index (χ1v) is 7.44. The van der Waals surface area contributed by atoms with Gasteiger partial charge in [-0.05, 0) is 47.9 Å². The topological polar surface area (TPSA) is 20.2 Å². The lowest BCUT2D eigenvalue weighted by molar-refractivity contribution is 0.177. The summed E-state index contributed by atoms with van der Waals surface area (Å²) >= 11 is 6.91. The maximum atomic E-state index is 13.1. The molecular weight excluding hydrogens is 375 g/mol. The SMILES string of the molecule is Cc1cc(Br)c(C(O)Cc2cccc(F)c2)cc1Br. The van der Waals surface area contributed by atoms with E-state index in [0.29, 0.717) is 6.42 Å². The number of hydrogen-bond donors (Lipinski definition) is 1. The molecule has 0 bridgehead atoms. The number of hydrogen-bond acceptors (Lipinski definition) is 1. The van der Waals surface area contributed by atoms with Gasteiger partial charge in [0, 0.05) is 15.4 Å². The molecule has 0 aliphatic carbocycles. The fourth-order valence-electron chi connectivity index (χ4n) is 1.91. The zero-order valence-electron chi connectivity index (χ0n) is 10.3. The highest BCUT2D eigenvalue weighted by Crippen LogP contribution is 2.31. The van der Waals surface area contributed by atoms with Crippen molar-refractivity contribution in [2.75, 3.05) is 0 Å². The van der Waals surface area contributed by atoms with Crippen LogP contribution in [0.1, 0.15) is 22.8 Å². The molecule has 2 aromatic rings.